The van der Waals surface area contributed by atoms with Gasteiger partial charge in [0, 0.05) is 24.8 Å². The molecule has 21 heavy (non-hydrogen) atoms. The summed E-state index contributed by atoms with van der Waals surface area (Å²) in [6.45, 7) is 2.62. The van der Waals surface area contributed by atoms with E-state index >= 15 is 0 Å². The summed E-state index contributed by atoms with van der Waals surface area (Å²) < 4.78 is 33.8. The molecule has 1 heterocycles. The summed E-state index contributed by atoms with van der Waals surface area (Å²) in [6, 6.07) is 12.4. The van der Waals surface area contributed by atoms with Crippen LogP contribution in [0.1, 0.15) is 11.4 Å². The largest absolute Gasteiger partial charge is 0.286 e. The minimum absolute atomic E-state index is 0.204. The Morgan fingerprint density at radius 1 is 1.19 bits per heavy atom. The van der Waals surface area contributed by atoms with E-state index in [0.717, 1.165) is 10.5 Å². The molecule has 3 rings (SSSR count). The van der Waals surface area contributed by atoms with Gasteiger partial charge in [-0.05, 0) is 11.5 Å². The van der Waals surface area contributed by atoms with Crippen LogP contribution in [-0.2, 0) is 16.7 Å². The van der Waals surface area contributed by atoms with Crippen molar-refractivity contribution in [1.29, 1.82) is 0 Å². The highest BCUT2D eigenvalue weighted by molar-refractivity contribution is 7.85. The first-order chi connectivity index (χ1) is 9.96. The zero-order valence-electron chi connectivity index (χ0n) is 11.6. The second-order valence-electron chi connectivity index (χ2n) is 5.05. The molecule has 1 aromatic heterocycles. The summed E-state index contributed by atoms with van der Waals surface area (Å²) in [5, 5.41) is 3.56. The van der Waals surface area contributed by atoms with Crippen molar-refractivity contribution in [2.75, 3.05) is 5.75 Å². The molecule has 0 unspecified atom stereocenters. The van der Waals surface area contributed by atoms with Gasteiger partial charge in [-0.1, -0.05) is 35.6 Å². The first-order valence-electron chi connectivity index (χ1n) is 6.71. The second kappa shape index (κ2) is 5.36. The van der Waals surface area contributed by atoms with Crippen molar-refractivity contribution in [1.82, 2.24) is 0 Å². The topological polar surface area (TPSA) is 58.2 Å². The Balaban J connectivity index is 2.03. The van der Waals surface area contributed by atoms with Gasteiger partial charge >= 0.3 is 0 Å². The molecule has 0 amide bonds. The summed E-state index contributed by atoms with van der Waals surface area (Å²) in [6.07, 6.45) is 0.406. The number of aromatic nitrogens is 1. The van der Waals surface area contributed by atoms with Gasteiger partial charge in [-0.15, -0.1) is 0 Å². The quantitative estimate of drug-likeness (QED) is 0.593. The number of hydrogen-bond donors (Lipinski definition) is 1. The third kappa shape index (κ3) is 2.92. The Hall–Kier alpha value is -1.50. The molecule has 6 heteroatoms. The molecule has 0 aliphatic carbocycles. The van der Waals surface area contributed by atoms with Gasteiger partial charge in [0.05, 0.1) is 5.75 Å². The number of aryl methyl sites for hydroxylation is 2. The maximum absolute atomic E-state index is 10.8. The standard InChI is InChI=1S/C15H15NO3S2/c1-11-16(9-4-10-21(17,18)19)14-8-7-12-5-2-3-6-13(12)15(14)20-11/h2-3,5-8H,4,9-10H2,1H3/p+1. The molecule has 0 bridgehead atoms. The van der Waals surface area contributed by atoms with Gasteiger partial charge in [0.1, 0.15) is 4.70 Å². The van der Waals surface area contributed by atoms with Gasteiger partial charge < -0.3 is 0 Å². The summed E-state index contributed by atoms with van der Waals surface area (Å²) in [7, 11) is -3.89. The number of hydrogen-bond acceptors (Lipinski definition) is 3. The van der Waals surface area contributed by atoms with E-state index in [0.29, 0.717) is 13.0 Å². The molecule has 110 valence electrons. The monoisotopic (exact) mass is 322 g/mol. The van der Waals surface area contributed by atoms with E-state index in [1.807, 2.05) is 19.1 Å². The van der Waals surface area contributed by atoms with E-state index in [4.69, 9.17) is 4.55 Å². The van der Waals surface area contributed by atoms with Crippen LogP contribution >= 0.6 is 11.3 Å². The first-order valence-corrected chi connectivity index (χ1v) is 9.14. The van der Waals surface area contributed by atoms with Gasteiger partial charge in [-0.2, -0.15) is 13.0 Å². The van der Waals surface area contributed by atoms with Crippen molar-refractivity contribution in [2.24, 2.45) is 0 Å². The van der Waals surface area contributed by atoms with Crippen molar-refractivity contribution in [2.45, 2.75) is 19.9 Å². The molecule has 4 nitrogen and oxygen atoms in total. The van der Waals surface area contributed by atoms with Gasteiger partial charge in [0.15, 0.2) is 6.54 Å². The molecule has 0 saturated heterocycles. The zero-order valence-corrected chi connectivity index (χ0v) is 13.2. The van der Waals surface area contributed by atoms with Crippen molar-refractivity contribution >= 4 is 42.4 Å². The molecule has 0 aliphatic heterocycles. The van der Waals surface area contributed by atoms with Gasteiger partial charge in [0.2, 0.25) is 10.5 Å². The molecule has 3 aromatic rings. The minimum atomic E-state index is -3.89. The Kier molecular flexibility index (Phi) is 3.69. The van der Waals surface area contributed by atoms with E-state index in [2.05, 4.69) is 28.8 Å². The normalized spacial score (nSPS) is 12.3. The molecule has 0 atom stereocenters. The van der Waals surface area contributed by atoms with Crippen LogP contribution in [0, 0.1) is 6.92 Å². The SMILES string of the molecule is Cc1sc2c3ccccc3ccc2[n+]1CCCS(=O)(=O)O. The minimum Gasteiger partial charge on any atom is -0.286 e. The lowest BCUT2D eigenvalue weighted by Gasteiger charge is -1.98. The third-order valence-electron chi connectivity index (χ3n) is 3.56. The summed E-state index contributed by atoms with van der Waals surface area (Å²) >= 11 is 1.72. The second-order valence-corrected chi connectivity index (χ2v) is 7.82. The van der Waals surface area contributed by atoms with Crippen molar-refractivity contribution in [3.05, 3.63) is 41.4 Å². The van der Waals surface area contributed by atoms with Gasteiger partial charge in [0.25, 0.3) is 10.1 Å². The van der Waals surface area contributed by atoms with Crippen LogP contribution in [0.5, 0.6) is 0 Å². The van der Waals surface area contributed by atoms with Crippen molar-refractivity contribution in [3.63, 3.8) is 0 Å². The lowest BCUT2D eigenvalue weighted by atomic mass is 10.1. The number of rotatable bonds is 4. The van der Waals surface area contributed by atoms with Crippen molar-refractivity contribution < 1.29 is 17.5 Å². The van der Waals surface area contributed by atoms with Crippen molar-refractivity contribution in [3.8, 4) is 0 Å². The summed E-state index contributed by atoms with van der Waals surface area (Å²) in [4.78, 5) is 0. The van der Waals surface area contributed by atoms with Crippen LogP contribution in [0.2, 0.25) is 0 Å². The Morgan fingerprint density at radius 2 is 1.95 bits per heavy atom. The van der Waals surface area contributed by atoms with E-state index in [-0.39, 0.29) is 5.75 Å². The predicted octanol–water partition coefficient (Wildman–Crippen LogP) is 2.93. The van der Waals surface area contributed by atoms with E-state index in [1.165, 1.54) is 15.5 Å². The van der Waals surface area contributed by atoms with Crippen LogP contribution in [0.15, 0.2) is 36.4 Å². The average Bonchev–Trinajstić information content (AvgIpc) is 2.74. The number of fused-ring (bicyclic) bond motifs is 3. The van der Waals surface area contributed by atoms with E-state index < -0.39 is 10.1 Å². The van der Waals surface area contributed by atoms with E-state index in [9.17, 15) is 8.42 Å². The van der Waals surface area contributed by atoms with Crippen LogP contribution in [0.4, 0.5) is 0 Å². The number of thiazole rings is 1. The van der Waals surface area contributed by atoms with Crippen LogP contribution < -0.4 is 4.57 Å². The molecule has 0 spiro atoms. The highest BCUT2D eigenvalue weighted by Gasteiger charge is 2.19. The molecule has 0 aliphatic rings. The highest BCUT2D eigenvalue weighted by Crippen LogP contribution is 2.28. The number of nitrogens with zero attached hydrogens (tertiary/aromatic N) is 1. The van der Waals surface area contributed by atoms with Gasteiger partial charge in [-0.3, -0.25) is 4.55 Å². The average molecular weight is 322 g/mol. The smallest absolute Gasteiger partial charge is 0.265 e. The summed E-state index contributed by atoms with van der Waals surface area (Å²) in [5.41, 5.74) is 1.12. The molecule has 0 radical (unpaired) electrons. The zero-order chi connectivity index (χ0) is 15.0. The summed E-state index contributed by atoms with van der Waals surface area (Å²) in [5.74, 6) is -0.204. The molecule has 0 saturated carbocycles. The Labute approximate surface area is 127 Å². The lowest BCUT2D eigenvalue weighted by Crippen LogP contribution is -2.35. The fourth-order valence-corrected chi connectivity index (χ4v) is 4.27. The number of benzene rings is 2. The Bertz CT molecular complexity index is 913. The molecular weight excluding hydrogens is 306 g/mol. The van der Waals surface area contributed by atoms with E-state index in [1.54, 1.807) is 11.3 Å². The third-order valence-corrected chi connectivity index (χ3v) is 5.52. The van der Waals surface area contributed by atoms with Crippen LogP contribution in [0.25, 0.3) is 21.0 Å². The highest BCUT2D eigenvalue weighted by atomic mass is 32.2. The molecule has 1 N–H and O–H groups in total. The predicted molar refractivity (Wildman–Crippen MR) is 85.3 cm³/mol. The fourth-order valence-electron chi connectivity index (χ4n) is 2.61. The molecular formula is C15H16NO3S2+. The van der Waals surface area contributed by atoms with Crippen LogP contribution in [0.3, 0.4) is 0 Å². The lowest BCUT2D eigenvalue weighted by molar-refractivity contribution is -0.672. The molecule has 2 aromatic carbocycles. The Morgan fingerprint density at radius 3 is 2.71 bits per heavy atom. The maximum atomic E-state index is 10.8. The first kappa shape index (κ1) is 14.4. The molecule has 0 fully saturated rings. The van der Waals surface area contributed by atoms with Crippen LogP contribution in [-0.4, -0.2) is 18.7 Å². The maximum Gasteiger partial charge on any atom is 0.265 e. The van der Waals surface area contributed by atoms with Gasteiger partial charge in [-0.25, -0.2) is 0 Å². The fraction of sp³-hybridized carbons (Fsp3) is 0.267.